The van der Waals surface area contributed by atoms with Crippen LogP contribution in [0.5, 0.6) is 0 Å². The van der Waals surface area contributed by atoms with E-state index in [4.69, 9.17) is 0 Å². The molecule has 3 heteroatoms. The highest BCUT2D eigenvalue weighted by molar-refractivity contribution is 4.93. The summed E-state index contributed by atoms with van der Waals surface area (Å²) in [6, 6.07) is 0.881. The van der Waals surface area contributed by atoms with Gasteiger partial charge in [0.25, 0.3) is 0 Å². The van der Waals surface area contributed by atoms with E-state index in [1.807, 2.05) is 0 Å². The number of rotatable bonds is 3. The van der Waals surface area contributed by atoms with Gasteiger partial charge in [-0.3, -0.25) is 9.80 Å². The van der Waals surface area contributed by atoms with Gasteiger partial charge in [0.2, 0.25) is 0 Å². The Morgan fingerprint density at radius 3 is 3.00 bits per heavy atom. The molecule has 0 spiro atoms. The van der Waals surface area contributed by atoms with Gasteiger partial charge < -0.3 is 5.32 Å². The van der Waals surface area contributed by atoms with Crippen LogP contribution < -0.4 is 5.32 Å². The molecule has 2 unspecified atom stereocenters. The summed E-state index contributed by atoms with van der Waals surface area (Å²) in [6.07, 6.45) is 5.59. The summed E-state index contributed by atoms with van der Waals surface area (Å²) in [5.41, 5.74) is 0.584. The smallest absolute Gasteiger partial charge is 0.0224 e. The van der Waals surface area contributed by atoms with Gasteiger partial charge in [-0.25, -0.2) is 0 Å². The van der Waals surface area contributed by atoms with Crippen molar-refractivity contribution in [3.05, 3.63) is 0 Å². The molecule has 0 saturated carbocycles. The van der Waals surface area contributed by atoms with E-state index in [0.717, 1.165) is 6.04 Å². The summed E-state index contributed by atoms with van der Waals surface area (Å²) in [6.45, 7) is 11.5. The summed E-state index contributed by atoms with van der Waals surface area (Å²) in [7, 11) is 0. The van der Waals surface area contributed by atoms with Gasteiger partial charge in [-0.15, -0.1) is 0 Å². The Labute approximate surface area is 106 Å². The zero-order valence-electron chi connectivity index (χ0n) is 11.2. The van der Waals surface area contributed by atoms with Crippen LogP contribution in [-0.2, 0) is 0 Å². The van der Waals surface area contributed by atoms with Gasteiger partial charge in [-0.05, 0) is 44.2 Å². The number of hydrogen-bond acceptors (Lipinski definition) is 3. The van der Waals surface area contributed by atoms with Gasteiger partial charge in [0, 0.05) is 38.8 Å². The van der Waals surface area contributed by atoms with E-state index in [-0.39, 0.29) is 0 Å². The summed E-state index contributed by atoms with van der Waals surface area (Å²) < 4.78 is 0. The second-order valence-corrected chi connectivity index (χ2v) is 6.35. The zero-order valence-corrected chi connectivity index (χ0v) is 11.2. The second-order valence-electron chi connectivity index (χ2n) is 6.35. The fourth-order valence-corrected chi connectivity index (χ4v) is 4.02. The normalized spacial score (nSPS) is 39.7. The van der Waals surface area contributed by atoms with E-state index in [1.165, 1.54) is 71.5 Å². The molecule has 0 aromatic heterocycles. The summed E-state index contributed by atoms with van der Waals surface area (Å²) >= 11 is 0. The second kappa shape index (κ2) is 4.87. The number of fused-ring (bicyclic) bond motifs is 1. The van der Waals surface area contributed by atoms with Crippen LogP contribution in [0.15, 0.2) is 0 Å². The number of nitrogens with zero attached hydrogens (tertiary/aromatic N) is 2. The van der Waals surface area contributed by atoms with E-state index in [2.05, 4.69) is 22.0 Å². The third kappa shape index (κ3) is 2.38. The van der Waals surface area contributed by atoms with Gasteiger partial charge in [0.1, 0.15) is 0 Å². The average Bonchev–Trinajstić information content (AvgIpc) is 2.97. The van der Waals surface area contributed by atoms with Crippen LogP contribution in [-0.4, -0.2) is 61.7 Å². The Morgan fingerprint density at radius 2 is 2.24 bits per heavy atom. The zero-order chi connectivity index (χ0) is 11.7. The highest BCUT2D eigenvalue weighted by atomic mass is 15.3. The molecule has 3 fully saturated rings. The molecule has 17 heavy (non-hydrogen) atoms. The first-order valence-electron chi connectivity index (χ1n) is 7.48. The molecule has 1 N–H and O–H groups in total. The highest BCUT2D eigenvalue weighted by Crippen LogP contribution is 2.32. The van der Waals surface area contributed by atoms with Gasteiger partial charge in [-0.2, -0.15) is 0 Å². The first-order valence-corrected chi connectivity index (χ1v) is 7.48. The van der Waals surface area contributed by atoms with Crippen LogP contribution in [0, 0.1) is 5.41 Å². The Morgan fingerprint density at radius 1 is 1.29 bits per heavy atom. The first kappa shape index (κ1) is 11.9. The van der Waals surface area contributed by atoms with E-state index in [9.17, 15) is 0 Å². The molecule has 3 nitrogen and oxygen atoms in total. The van der Waals surface area contributed by atoms with Crippen LogP contribution in [0.2, 0.25) is 0 Å². The van der Waals surface area contributed by atoms with Crippen LogP contribution in [0.3, 0.4) is 0 Å². The summed E-state index contributed by atoms with van der Waals surface area (Å²) in [4.78, 5) is 5.46. The SMILES string of the molecule is CCC1(CN2CCN3CCCC3C2)CCNC1. The molecule has 3 saturated heterocycles. The van der Waals surface area contributed by atoms with Crippen molar-refractivity contribution in [3.8, 4) is 0 Å². The lowest BCUT2D eigenvalue weighted by Crippen LogP contribution is -2.53. The Hall–Kier alpha value is -0.120. The quantitative estimate of drug-likeness (QED) is 0.794. The van der Waals surface area contributed by atoms with Crippen LogP contribution >= 0.6 is 0 Å². The molecule has 98 valence electrons. The summed E-state index contributed by atoms with van der Waals surface area (Å²) in [5.74, 6) is 0. The monoisotopic (exact) mass is 237 g/mol. The molecule has 0 aromatic carbocycles. The fourth-order valence-electron chi connectivity index (χ4n) is 4.02. The third-order valence-corrected chi connectivity index (χ3v) is 5.31. The molecule has 0 aliphatic carbocycles. The Balaban J connectivity index is 1.58. The minimum Gasteiger partial charge on any atom is -0.316 e. The van der Waals surface area contributed by atoms with Gasteiger partial charge >= 0.3 is 0 Å². The van der Waals surface area contributed by atoms with Crippen molar-refractivity contribution in [3.63, 3.8) is 0 Å². The molecule has 0 bridgehead atoms. The van der Waals surface area contributed by atoms with Crippen molar-refractivity contribution >= 4 is 0 Å². The Kier molecular flexibility index (Phi) is 3.42. The lowest BCUT2D eigenvalue weighted by atomic mass is 9.83. The lowest BCUT2D eigenvalue weighted by molar-refractivity contribution is 0.0681. The minimum absolute atomic E-state index is 0.584. The molecule has 0 radical (unpaired) electrons. The number of piperazine rings is 1. The molecule has 3 rings (SSSR count). The molecule has 3 aliphatic heterocycles. The van der Waals surface area contributed by atoms with E-state index >= 15 is 0 Å². The topological polar surface area (TPSA) is 18.5 Å². The fraction of sp³-hybridized carbons (Fsp3) is 1.00. The maximum atomic E-state index is 3.56. The maximum Gasteiger partial charge on any atom is 0.0224 e. The van der Waals surface area contributed by atoms with E-state index in [0.29, 0.717) is 5.41 Å². The largest absolute Gasteiger partial charge is 0.316 e. The number of hydrogen-bond donors (Lipinski definition) is 1. The Bertz CT molecular complexity index is 260. The molecular weight excluding hydrogens is 210 g/mol. The summed E-state index contributed by atoms with van der Waals surface area (Å²) in [5, 5.41) is 3.56. The van der Waals surface area contributed by atoms with Crippen molar-refractivity contribution in [2.45, 2.75) is 38.6 Å². The van der Waals surface area contributed by atoms with Crippen molar-refractivity contribution < 1.29 is 0 Å². The van der Waals surface area contributed by atoms with Crippen LogP contribution in [0.25, 0.3) is 0 Å². The van der Waals surface area contributed by atoms with Gasteiger partial charge in [0.15, 0.2) is 0 Å². The lowest BCUT2D eigenvalue weighted by Gasteiger charge is -2.41. The molecule has 3 heterocycles. The van der Waals surface area contributed by atoms with Crippen molar-refractivity contribution in [1.29, 1.82) is 0 Å². The van der Waals surface area contributed by atoms with E-state index < -0.39 is 0 Å². The van der Waals surface area contributed by atoms with Crippen LogP contribution in [0.4, 0.5) is 0 Å². The van der Waals surface area contributed by atoms with Crippen LogP contribution in [0.1, 0.15) is 32.6 Å². The number of nitrogens with one attached hydrogen (secondary N) is 1. The van der Waals surface area contributed by atoms with E-state index in [1.54, 1.807) is 0 Å². The molecule has 2 atom stereocenters. The maximum absolute atomic E-state index is 3.56. The van der Waals surface area contributed by atoms with Gasteiger partial charge in [0.05, 0.1) is 0 Å². The average molecular weight is 237 g/mol. The molecule has 0 aromatic rings. The molecular formula is C14H27N3. The minimum atomic E-state index is 0.584. The van der Waals surface area contributed by atoms with Crippen molar-refractivity contribution in [2.24, 2.45) is 5.41 Å². The van der Waals surface area contributed by atoms with Crippen molar-refractivity contribution in [2.75, 3.05) is 45.8 Å². The third-order valence-electron chi connectivity index (χ3n) is 5.31. The predicted molar refractivity (Wildman–Crippen MR) is 71.2 cm³/mol. The first-order chi connectivity index (χ1) is 8.31. The molecule has 3 aliphatic rings. The predicted octanol–water partition coefficient (Wildman–Crippen LogP) is 1.16. The standard InChI is InChI=1S/C14H27N3/c1-2-14(5-6-15-11-14)12-16-8-9-17-7-3-4-13(17)10-16/h13,15H,2-12H2,1H3. The van der Waals surface area contributed by atoms with Crippen molar-refractivity contribution in [1.82, 2.24) is 15.1 Å². The van der Waals surface area contributed by atoms with Gasteiger partial charge in [-0.1, -0.05) is 6.92 Å². The highest BCUT2D eigenvalue weighted by Gasteiger charge is 2.37. The molecule has 0 amide bonds.